The highest BCUT2D eigenvalue weighted by atomic mass is 16.6. The molecular formula is C11H12N2O4. The molecule has 2 rings (SSSR count). The molecule has 0 saturated carbocycles. The molecule has 6 nitrogen and oxygen atoms in total. The van der Waals surface area contributed by atoms with Crippen molar-refractivity contribution in [1.82, 2.24) is 0 Å². The highest BCUT2D eigenvalue weighted by molar-refractivity contribution is 6.07. The molecule has 0 saturated heterocycles. The molecule has 0 atom stereocenters. The first-order chi connectivity index (χ1) is 7.87. The van der Waals surface area contributed by atoms with Gasteiger partial charge in [-0.3, -0.25) is 14.9 Å². The number of benzene rings is 1. The van der Waals surface area contributed by atoms with Gasteiger partial charge in [-0.1, -0.05) is 0 Å². The standard InChI is InChI=1S/C11H12N2O4/c1-11(2)7-4-6(13(15)16)5-8(17-3)9(7)12-10(11)14/h4-5H,1-3H3,(H,12,14). The maximum Gasteiger partial charge on any atom is 0.273 e. The summed E-state index contributed by atoms with van der Waals surface area (Å²) in [6.45, 7) is 3.44. The fourth-order valence-corrected chi connectivity index (χ4v) is 1.88. The van der Waals surface area contributed by atoms with Crippen molar-refractivity contribution in [1.29, 1.82) is 0 Å². The molecule has 90 valence electrons. The number of carbonyl (C=O) groups excluding carboxylic acids is 1. The van der Waals surface area contributed by atoms with Crippen molar-refractivity contribution in [3.05, 3.63) is 27.8 Å². The normalized spacial score (nSPS) is 16.3. The second kappa shape index (κ2) is 3.44. The van der Waals surface area contributed by atoms with Gasteiger partial charge in [-0.2, -0.15) is 0 Å². The molecule has 0 aromatic heterocycles. The van der Waals surface area contributed by atoms with E-state index in [0.29, 0.717) is 17.0 Å². The van der Waals surface area contributed by atoms with Crippen LogP contribution in [0.15, 0.2) is 12.1 Å². The van der Waals surface area contributed by atoms with Gasteiger partial charge in [0.25, 0.3) is 5.69 Å². The Bertz CT molecular complexity index is 522. The Morgan fingerprint density at radius 2 is 2.06 bits per heavy atom. The number of methoxy groups -OCH3 is 1. The average Bonchev–Trinajstić information content (AvgIpc) is 2.49. The molecule has 0 spiro atoms. The zero-order valence-corrected chi connectivity index (χ0v) is 9.73. The topological polar surface area (TPSA) is 81.5 Å². The van der Waals surface area contributed by atoms with E-state index in [1.807, 2.05) is 0 Å². The summed E-state index contributed by atoms with van der Waals surface area (Å²) in [7, 11) is 1.41. The first-order valence-corrected chi connectivity index (χ1v) is 5.06. The van der Waals surface area contributed by atoms with E-state index >= 15 is 0 Å². The fourth-order valence-electron chi connectivity index (χ4n) is 1.88. The largest absolute Gasteiger partial charge is 0.494 e. The van der Waals surface area contributed by atoms with E-state index in [-0.39, 0.29) is 11.6 Å². The van der Waals surface area contributed by atoms with Crippen molar-refractivity contribution in [3.8, 4) is 5.75 Å². The molecule has 1 aliphatic heterocycles. The van der Waals surface area contributed by atoms with Crippen molar-refractivity contribution in [3.63, 3.8) is 0 Å². The molecule has 1 aromatic rings. The van der Waals surface area contributed by atoms with E-state index < -0.39 is 10.3 Å². The second-order valence-corrected chi connectivity index (χ2v) is 4.41. The first kappa shape index (κ1) is 11.4. The summed E-state index contributed by atoms with van der Waals surface area (Å²) in [5.41, 5.74) is 0.251. The van der Waals surface area contributed by atoms with Crippen LogP contribution < -0.4 is 10.1 Å². The number of ether oxygens (including phenoxy) is 1. The fraction of sp³-hybridized carbons (Fsp3) is 0.364. The van der Waals surface area contributed by atoms with Crippen molar-refractivity contribution in [2.75, 3.05) is 12.4 Å². The van der Waals surface area contributed by atoms with Gasteiger partial charge < -0.3 is 10.1 Å². The molecule has 0 bridgehead atoms. The van der Waals surface area contributed by atoms with Crippen molar-refractivity contribution in [2.45, 2.75) is 19.3 Å². The lowest BCUT2D eigenvalue weighted by Gasteiger charge is -2.15. The summed E-state index contributed by atoms with van der Waals surface area (Å²) >= 11 is 0. The third kappa shape index (κ3) is 1.52. The van der Waals surface area contributed by atoms with E-state index in [4.69, 9.17) is 4.74 Å². The van der Waals surface area contributed by atoms with Gasteiger partial charge in [0.05, 0.1) is 29.2 Å². The molecule has 0 radical (unpaired) electrons. The van der Waals surface area contributed by atoms with Gasteiger partial charge in [0, 0.05) is 11.6 Å². The van der Waals surface area contributed by atoms with Gasteiger partial charge in [-0.25, -0.2) is 0 Å². The number of nitrogens with one attached hydrogen (secondary N) is 1. The summed E-state index contributed by atoms with van der Waals surface area (Å²) in [6.07, 6.45) is 0. The van der Waals surface area contributed by atoms with Gasteiger partial charge in [-0.05, 0) is 13.8 Å². The number of rotatable bonds is 2. The Labute approximate surface area is 97.7 Å². The quantitative estimate of drug-likeness (QED) is 0.627. The smallest absolute Gasteiger partial charge is 0.273 e. The zero-order valence-electron chi connectivity index (χ0n) is 9.73. The Hall–Kier alpha value is -2.11. The minimum Gasteiger partial charge on any atom is -0.494 e. The summed E-state index contributed by atoms with van der Waals surface area (Å²) in [4.78, 5) is 22.1. The Morgan fingerprint density at radius 1 is 1.41 bits per heavy atom. The lowest BCUT2D eigenvalue weighted by atomic mass is 9.86. The highest BCUT2D eigenvalue weighted by Crippen LogP contribution is 2.44. The second-order valence-electron chi connectivity index (χ2n) is 4.41. The molecule has 1 N–H and O–H groups in total. The number of nitro benzene ring substituents is 1. The molecule has 17 heavy (non-hydrogen) atoms. The summed E-state index contributed by atoms with van der Waals surface area (Å²) in [6, 6.07) is 2.72. The van der Waals surface area contributed by atoms with Gasteiger partial charge in [0.1, 0.15) is 5.75 Å². The highest BCUT2D eigenvalue weighted by Gasteiger charge is 2.41. The van der Waals surface area contributed by atoms with Crippen LogP contribution in [-0.2, 0) is 10.2 Å². The van der Waals surface area contributed by atoms with Crippen LogP contribution in [0.5, 0.6) is 5.75 Å². The maximum absolute atomic E-state index is 11.8. The van der Waals surface area contributed by atoms with E-state index in [0.717, 1.165) is 0 Å². The number of nitrogens with zero attached hydrogens (tertiary/aromatic N) is 1. The molecule has 6 heteroatoms. The van der Waals surface area contributed by atoms with Crippen LogP contribution in [0.1, 0.15) is 19.4 Å². The van der Waals surface area contributed by atoms with Crippen LogP contribution in [0.25, 0.3) is 0 Å². The third-order valence-corrected chi connectivity index (χ3v) is 3.00. The maximum atomic E-state index is 11.8. The molecule has 1 aliphatic rings. The Kier molecular flexibility index (Phi) is 2.30. The van der Waals surface area contributed by atoms with Gasteiger partial charge >= 0.3 is 0 Å². The number of fused-ring (bicyclic) bond motifs is 1. The van der Waals surface area contributed by atoms with E-state index in [2.05, 4.69) is 5.32 Å². The number of nitro groups is 1. The predicted molar refractivity (Wildman–Crippen MR) is 61.3 cm³/mol. The van der Waals surface area contributed by atoms with Crippen LogP contribution in [0.4, 0.5) is 11.4 Å². The van der Waals surface area contributed by atoms with Gasteiger partial charge in [0.2, 0.25) is 5.91 Å². The molecule has 0 unspecified atom stereocenters. The summed E-state index contributed by atoms with van der Waals surface area (Å²) in [5.74, 6) is 0.124. The van der Waals surface area contributed by atoms with Crippen LogP contribution >= 0.6 is 0 Å². The van der Waals surface area contributed by atoms with Crippen LogP contribution in [0, 0.1) is 10.1 Å². The number of carbonyl (C=O) groups is 1. The number of hydrogen-bond donors (Lipinski definition) is 1. The molecule has 1 amide bonds. The molecule has 1 heterocycles. The summed E-state index contributed by atoms with van der Waals surface area (Å²) < 4.78 is 5.07. The lowest BCUT2D eigenvalue weighted by Crippen LogP contribution is -2.26. The molecule has 0 aliphatic carbocycles. The zero-order chi connectivity index (χ0) is 12.8. The van der Waals surface area contributed by atoms with Crippen molar-refractivity contribution >= 4 is 17.3 Å². The van der Waals surface area contributed by atoms with Crippen LogP contribution in [-0.4, -0.2) is 17.9 Å². The molecule has 1 aromatic carbocycles. The minimum absolute atomic E-state index is 0.0785. The van der Waals surface area contributed by atoms with Gasteiger partial charge in [-0.15, -0.1) is 0 Å². The van der Waals surface area contributed by atoms with E-state index in [9.17, 15) is 14.9 Å². The van der Waals surface area contributed by atoms with Crippen molar-refractivity contribution in [2.24, 2.45) is 0 Å². The van der Waals surface area contributed by atoms with Crippen LogP contribution in [0.2, 0.25) is 0 Å². The van der Waals surface area contributed by atoms with E-state index in [1.54, 1.807) is 13.8 Å². The monoisotopic (exact) mass is 236 g/mol. The number of non-ortho nitro benzene ring substituents is 1. The number of anilines is 1. The summed E-state index contributed by atoms with van der Waals surface area (Å²) in [5, 5.41) is 13.5. The third-order valence-electron chi connectivity index (χ3n) is 3.00. The van der Waals surface area contributed by atoms with Crippen molar-refractivity contribution < 1.29 is 14.5 Å². The van der Waals surface area contributed by atoms with Gasteiger partial charge in [0.15, 0.2) is 0 Å². The minimum atomic E-state index is -0.783. The van der Waals surface area contributed by atoms with E-state index in [1.165, 1.54) is 19.2 Å². The molecule has 0 fully saturated rings. The predicted octanol–water partition coefficient (Wildman–Crippen LogP) is 1.83. The lowest BCUT2D eigenvalue weighted by molar-refractivity contribution is -0.385. The SMILES string of the molecule is COc1cc([N+](=O)[O-])cc2c1NC(=O)C2(C)C. The Balaban J connectivity index is 2.70. The number of hydrogen-bond acceptors (Lipinski definition) is 4. The average molecular weight is 236 g/mol. The number of amides is 1. The molecular weight excluding hydrogens is 224 g/mol. The van der Waals surface area contributed by atoms with Crippen LogP contribution in [0.3, 0.4) is 0 Å². The first-order valence-electron chi connectivity index (χ1n) is 5.06. The Morgan fingerprint density at radius 3 is 2.59 bits per heavy atom.